The van der Waals surface area contributed by atoms with Crippen molar-refractivity contribution in [2.24, 2.45) is 5.73 Å². The van der Waals surface area contributed by atoms with Crippen LogP contribution in [-0.4, -0.2) is 18.0 Å². The number of hydrogen-bond acceptors (Lipinski definition) is 2. The fraction of sp³-hybridized carbons (Fsp3) is 0.500. The number of halogens is 2. The topological polar surface area (TPSA) is 55.1 Å². The average molecular weight is 329 g/mol. The summed E-state index contributed by atoms with van der Waals surface area (Å²) in [5.41, 5.74) is 5.94. The van der Waals surface area contributed by atoms with Crippen LogP contribution in [0.25, 0.3) is 0 Å². The van der Waals surface area contributed by atoms with Crippen molar-refractivity contribution in [2.45, 2.75) is 37.6 Å². The van der Waals surface area contributed by atoms with Gasteiger partial charge in [-0.15, -0.1) is 0 Å². The van der Waals surface area contributed by atoms with Gasteiger partial charge < -0.3 is 11.1 Å². The van der Waals surface area contributed by atoms with Gasteiger partial charge in [0.1, 0.15) is 5.82 Å². The molecule has 1 aliphatic rings. The van der Waals surface area contributed by atoms with Gasteiger partial charge in [-0.25, -0.2) is 4.39 Å². The highest BCUT2D eigenvalue weighted by Crippen LogP contribution is 2.25. The van der Waals surface area contributed by atoms with Crippen molar-refractivity contribution >= 4 is 21.8 Å². The molecule has 19 heavy (non-hydrogen) atoms. The van der Waals surface area contributed by atoms with E-state index in [0.29, 0.717) is 11.0 Å². The summed E-state index contributed by atoms with van der Waals surface area (Å²) >= 11 is 3.20. The van der Waals surface area contributed by atoms with Crippen molar-refractivity contribution in [1.29, 1.82) is 0 Å². The van der Waals surface area contributed by atoms with Gasteiger partial charge in [0.05, 0.1) is 5.56 Å². The van der Waals surface area contributed by atoms with E-state index < -0.39 is 11.7 Å². The first-order chi connectivity index (χ1) is 9.02. The van der Waals surface area contributed by atoms with E-state index in [0.717, 1.165) is 25.7 Å². The second-order valence-electron chi connectivity index (χ2n) is 5.20. The lowest BCUT2D eigenvalue weighted by Gasteiger charge is -2.33. The molecule has 0 aromatic heterocycles. The van der Waals surface area contributed by atoms with Crippen LogP contribution in [0.4, 0.5) is 4.39 Å². The minimum Gasteiger partial charge on any atom is -0.350 e. The number of amides is 1. The average Bonchev–Trinajstić information content (AvgIpc) is 2.37. The second kappa shape index (κ2) is 6.01. The Morgan fingerprint density at radius 3 is 2.68 bits per heavy atom. The standard InChI is InChI=1S/C14H18BrFN2O/c15-10-5-4-6-11(16)12(10)13(19)18-9-14(17)7-2-1-3-8-14/h4-6H,1-3,7-9,17H2,(H,18,19). The zero-order valence-corrected chi connectivity index (χ0v) is 12.3. The lowest BCUT2D eigenvalue weighted by Crippen LogP contribution is -2.51. The molecule has 1 aromatic rings. The highest BCUT2D eigenvalue weighted by molar-refractivity contribution is 9.10. The second-order valence-corrected chi connectivity index (χ2v) is 6.06. The van der Waals surface area contributed by atoms with Crippen molar-refractivity contribution in [1.82, 2.24) is 5.32 Å². The zero-order valence-electron chi connectivity index (χ0n) is 10.7. The lowest BCUT2D eigenvalue weighted by atomic mass is 9.82. The monoisotopic (exact) mass is 328 g/mol. The Labute approximate surface area is 120 Å². The van der Waals surface area contributed by atoms with Crippen molar-refractivity contribution in [2.75, 3.05) is 6.54 Å². The summed E-state index contributed by atoms with van der Waals surface area (Å²) in [6.45, 7) is 0.395. The van der Waals surface area contributed by atoms with Crippen LogP contribution in [0.15, 0.2) is 22.7 Å². The summed E-state index contributed by atoms with van der Waals surface area (Å²) in [7, 11) is 0. The lowest BCUT2D eigenvalue weighted by molar-refractivity contribution is 0.0933. The molecule has 0 atom stereocenters. The molecule has 5 heteroatoms. The van der Waals surface area contributed by atoms with E-state index >= 15 is 0 Å². The van der Waals surface area contributed by atoms with Gasteiger partial charge in [0.2, 0.25) is 0 Å². The van der Waals surface area contributed by atoms with Gasteiger partial charge in [0.25, 0.3) is 5.91 Å². The third kappa shape index (κ3) is 3.54. The maximum atomic E-state index is 13.6. The quantitative estimate of drug-likeness (QED) is 0.896. The minimum atomic E-state index is -0.526. The SMILES string of the molecule is NC1(CNC(=O)c2c(F)cccc2Br)CCCCC1. The largest absolute Gasteiger partial charge is 0.350 e. The van der Waals surface area contributed by atoms with Gasteiger partial charge >= 0.3 is 0 Å². The molecule has 1 aliphatic carbocycles. The highest BCUT2D eigenvalue weighted by atomic mass is 79.9. The van der Waals surface area contributed by atoms with Crippen LogP contribution < -0.4 is 11.1 Å². The Balaban J connectivity index is 2.01. The fourth-order valence-corrected chi connectivity index (χ4v) is 3.01. The van der Waals surface area contributed by atoms with Crippen LogP contribution in [0.3, 0.4) is 0 Å². The van der Waals surface area contributed by atoms with Crippen LogP contribution in [-0.2, 0) is 0 Å². The zero-order chi connectivity index (χ0) is 13.9. The molecule has 104 valence electrons. The fourth-order valence-electron chi connectivity index (χ4n) is 2.49. The summed E-state index contributed by atoms with van der Waals surface area (Å²) in [6.07, 6.45) is 5.20. The number of benzene rings is 1. The first-order valence-electron chi connectivity index (χ1n) is 6.53. The van der Waals surface area contributed by atoms with E-state index in [1.54, 1.807) is 12.1 Å². The molecule has 3 N–H and O–H groups in total. The molecule has 1 amide bonds. The Morgan fingerprint density at radius 2 is 2.05 bits per heavy atom. The van der Waals surface area contributed by atoms with Crippen LogP contribution in [0.2, 0.25) is 0 Å². The number of nitrogens with two attached hydrogens (primary N) is 1. The Bertz CT molecular complexity index is 452. The number of rotatable bonds is 3. The van der Waals surface area contributed by atoms with E-state index in [-0.39, 0.29) is 11.1 Å². The molecule has 0 radical (unpaired) electrons. The number of carbonyl (C=O) groups excluding carboxylic acids is 1. The van der Waals surface area contributed by atoms with Gasteiger partial charge in [-0.2, -0.15) is 0 Å². The molecule has 0 saturated heterocycles. The molecular weight excluding hydrogens is 311 g/mol. The minimum absolute atomic E-state index is 0.0434. The third-order valence-electron chi connectivity index (χ3n) is 3.64. The summed E-state index contributed by atoms with van der Waals surface area (Å²) in [4.78, 5) is 12.0. The van der Waals surface area contributed by atoms with Gasteiger partial charge in [0.15, 0.2) is 0 Å². The number of nitrogens with one attached hydrogen (secondary N) is 1. The van der Waals surface area contributed by atoms with Crippen LogP contribution in [0, 0.1) is 5.82 Å². The molecule has 2 rings (SSSR count). The summed E-state index contributed by atoms with van der Waals surface area (Å²) < 4.78 is 14.1. The Hall–Kier alpha value is -0.940. The molecule has 3 nitrogen and oxygen atoms in total. The van der Waals surface area contributed by atoms with Crippen molar-refractivity contribution in [3.8, 4) is 0 Å². The number of carbonyl (C=O) groups is 1. The molecule has 1 aromatic carbocycles. The van der Waals surface area contributed by atoms with Crippen LogP contribution in [0.1, 0.15) is 42.5 Å². The van der Waals surface area contributed by atoms with Crippen molar-refractivity contribution in [3.05, 3.63) is 34.1 Å². The summed E-state index contributed by atoms with van der Waals surface area (Å²) in [5, 5.41) is 2.76. The molecule has 0 heterocycles. The summed E-state index contributed by atoms with van der Waals surface area (Å²) in [5.74, 6) is -0.943. The van der Waals surface area contributed by atoms with E-state index in [2.05, 4.69) is 21.2 Å². The van der Waals surface area contributed by atoms with Crippen molar-refractivity contribution in [3.63, 3.8) is 0 Å². The molecule has 0 aliphatic heterocycles. The Kier molecular flexibility index (Phi) is 4.58. The molecule has 0 bridgehead atoms. The van der Waals surface area contributed by atoms with E-state index in [1.807, 2.05) is 0 Å². The predicted octanol–water partition coefficient (Wildman–Crippen LogP) is 2.98. The molecule has 1 saturated carbocycles. The smallest absolute Gasteiger partial charge is 0.255 e. The highest BCUT2D eigenvalue weighted by Gasteiger charge is 2.28. The van der Waals surface area contributed by atoms with Crippen LogP contribution in [0.5, 0.6) is 0 Å². The third-order valence-corrected chi connectivity index (χ3v) is 4.30. The predicted molar refractivity (Wildman–Crippen MR) is 76.4 cm³/mol. The summed E-state index contributed by atoms with van der Waals surface area (Å²) in [6, 6.07) is 4.48. The molecule has 0 spiro atoms. The first kappa shape index (κ1) is 14.5. The van der Waals surface area contributed by atoms with Gasteiger partial charge in [-0.3, -0.25) is 4.79 Å². The van der Waals surface area contributed by atoms with Gasteiger partial charge in [-0.05, 0) is 40.9 Å². The maximum Gasteiger partial charge on any atom is 0.255 e. The van der Waals surface area contributed by atoms with Gasteiger partial charge in [0, 0.05) is 16.6 Å². The van der Waals surface area contributed by atoms with Crippen LogP contribution >= 0.6 is 15.9 Å². The number of hydrogen-bond donors (Lipinski definition) is 2. The Morgan fingerprint density at radius 1 is 1.37 bits per heavy atom. The van der Waals surface area contributed by atoms with Gasteiger partial charge in [-0.1, -0.05) is 25.3 Å². The van der Waals surface area contributed by atoms with Crippen molar-refractivity contribution < 1.29 is 9.18 Å². The maximum absolute atomic E-state index is 13.6. The van der Waals surface area contributed by atoms with E-state index in [1.165, 1.54) is 12.5 Å². The molecule has 0 unspecified atom stereocenters. The first-order valence-corrected chi connectivity index (χ1v) is 7.32. The van der Waals surface area contributed by atoms with E-state index in [4.69, 9.17) is 5.73 Å². The van der Waals surface area contributed by atoms with E-state index in [9.17, 15) is 9.18 Å². The molecule has 1 fully saturated rings. The molecular formula is C14H18BrFN2O. The normalized spacial score (nSPS) is 18.1.